The van der Waals surface area contributed by atoms with Crippen LogP contribution < -0.4 is 4.74 Å². The Balaban J connectivity index is 2.55. The molecule has 92 valence electrons. The van der Waals surface area contributed by atoms with Gasteiger partial charge < -0.3 is 9.84 Å². The number of carbonyl (C=O) groups is 1. The highest BCUT2D eigenvalue weighted by Gasteiger charge is 2.09. The van der Waals surface area contributed by atoms with E-state index in [1.807, 2.05) is 0 Å². The zero-order valence-corrected chi connectivity index (χ0v) is 10.4. The first-order valence-electron chi connectivity index (χ1n) is 5.28. The van der Waals surface area contributed by atoms with Gasteiger partial charge in [-0.05, 0) is 35.9 Å². The van der Waals surface area contributed by atoms with Crippen molar-refractivity contribution in [2.75, 3.05) is 7.11 Å². The summed E-state index contributed by atoms with van der Waals surface area (Å²) in [6.45, 7) is 0. The average molecular weight is 263 g/mol. The lowest BCUT2D eigenvalue weighted by Gasteiger charge is -2.10. The molecular formula is C14H11ClO3. The normalized spacial score (nSPS) is 10.1. The lowest BCUT2D eigenvalue weighted by Crippen LogP contribution is -1.89. The lowest BCUT2D eigenvalue weighted by atomic mass is 10.0. The molecule has 0 fully saturated rings. The molecule has 0 aliphatic rings. The topological polar surface area (TPSA) is 46.5 Å². The van der Waals surface area contributed by atoms with Crippen molar-refractivity contribution in [3.63, 3.8) is 0 Å². The summed E-state index contributed by atoms with van der Waals surface area (Å²) in [6.07, 6.45) is 0.609. The zero-order chi connectivity index (χ0) is 13.1. The molecule has 4 heteroatoms. The number of carbonyl (C=O) groups excluding carboxylic acids is 1. The third-order valence-corrected chi connectivity index (χ3v) is 2.87. The Kier molecular flexibility index (Phi) is 3.53. The molecule has 0 saturated heterocycles. The molecule has 0 amide bonds. The maximum Gasteiger partial charge on any atom is 0.153 e. The van der Waals surface area contributed by atoms with E-state index in [4.69, 9.17) is 16.3 Å². The maximum atomic E-state index is 10.6. The van der Waals surface area contributed by atoms with E-state index in [2.05, 4.69) is 0 Å². The molecule has 1 N–H and O–H groups in total. The third-order valence-electron chi connectivity index (χ3n) is 2.63. The van der Waals surface area contributed by atoms with Crippen molar-refractivity contribution in [3.8, 4) is 22.6 Å². The summed E-state index contributed by atoms with van der Waals surface area (Å²) in [4.78, 5) is 10.6. The molecule has 0 spiro atoms. The summed E-state index contributed by atoms with van der Waals surface area (Å²) in [7, 11) is 1.55. The predicted molar refractivity (Wildman–Crippen MR) is 70.5 cm³/mol. The Morgan fingerprint density at radius 3 is 2.61 bits per heavy atom. The second-order valence-electron chi connectivity index (χ2n) is 3.74. The van der Waals surface area contributed by atoms with Crippen LogP contribution in [0.25, 0.3) is 11.1 Å². The van der Waals surface area contributed by atoms with Crippen LogP contribution in [0.1, 0.15) is 10.4 Å². The predicted octanol–water partition coefficient (Wildman–Crippen LogP) is 3.53. The summed E-state index contributed by atoms with van der Waals surface area (Å²) in [5, 5.41) is 10.2. The van der Waals surface area contributed by atoms with Crippen LogP contribution in [-0.2, 0) is 0 Å². The average Bonchev–Trinajstić information content (AvgIpc) is 2.38. The number of ether oxygens (including phenoxy) is 1. The molecule has 0 unspecified atom stereocenters. The van der Waals surface area contributed by atoms with Crippen molar-refractivity contribution >= 4 is 17.9 Å². The Morgan fingerprint density at radius 1 is 1.22 bits per heavy atom. The number of hydrogen-bond donors (Lipinski definition) is 1. The lowest BCUT2D eigenvalue weighted by molar-refractivity contribution is 0.112. The second kappa shape index (κ2) is 5.10. The number of methoxy groups -OCH3 is 1. The van der Waals surface area contributed by atoms with Crippen LogP contribution in [0.4, 0.5) is 0 Å². The number of benzene rings is 2. The fourth-order valence-electron chi connectivity index (χ4n) is 1.71. The van der Waals surface area contributed by atoms with Crippen molar-refractivity contribution in [1.82, 2.24) is 0 Å². The quantitative estimate of drug-likeness (QED) is 0.861. The van der Waals surface area contributed by atoms with Crippen LogP contribution in [0.3, 0.4) is 0 Å². The smallest absolute Gasteiger partial charge is 0.153 e. The van der Waals surface area contributed by atoms with Gasteiger partial charge in [-0.3, -0.25) is 4.79 Å². The van der Waals surface area contributed by atoms with E-state index >= 15 is 0 Å². The number of halogens is 1. The van der Waals surface area contributed by atoms with Crippen LogP contribution >= 0.6 is 11.6 Å². The van der Waals surface area contributed by atoms with Gasteiger partial charge in [0.25, 0.3) is 0 Å². The summed E-state index contributed by atoms with van der Waals surface area (Å²) in [6, 6.07) is 10.1. The van der Waals surface area contributed by atoms with Gasteiger partial charge in [0.05, 0.1) is 12.7 Å². The first-order valence-corrected chi connectivity index (χ1v) is 5.65. The Hall–Kier alpha value is -2.00. The number of rotatable bonds is 3. The summed E-state index contributed by atoms with van der Waals surface area (Å²) in [5.74, 6) is 0.556. The molecule has 0 radical (unpaired) electrons. The largest absolute Gasteiger partial charge is 0.507 e. The van der Waals surface area contributed by atoms with Crippen LogP contribution in [0.5, 0.6) is 11.5 Å². The third kappa shape index (κ3) is 2.31. The summed E-state index contributed by atoms with van der Waals surface area (Å²) in [5.41, 5.74) is 1.81. The van der Waals surface area contributed by atoms with Crippen molar-refractivity contribution in [1.29, 1.82) is 0 Å². The van der Waals surface area contributed by atoms with Crippen molar-refractivity contribution in [2.24, 2.45) is 0 Å². The van der Waals surface area contributed by atoms with Gasteiger partial charge in [0.15, 0.2) is 6.29 Å². The van der Waals surface area contributed by atoms with Crippen molar-refractivity contribution < 1.29 is 14.6 Å². The highest BCUT2D eigenvalue weighted by molar-refractivity contribution is 6.30. The molecule has 0 aliphatic heterocycles. The van der Waals surface area contributed by atoms with E-state index in [0.717, 1.165) is 11.1 Å². The SMILES string of the molecule is COc1cc(Cl)ccc1-c1ccc(C=O)c(O)c1. The number of hydrogen-bond acceptors (Lipinski definition) is 3. The molecule has 0 bridgehead atoms. The van der Waals surface area contributed by atoms with Gasteiger partial charge in [0.2, 0.25) is 0 Å². The molecule has 0 aromatic heterocycles. The Morgan fingerprint density at radius 2 is 2.00 bits per heavy atom. The van der Waals surface area contributed by atoms with Gasteiger partial charge in [-0.1, -0.05) is 17.7 Å². The van der Waals surface area contributed by atoms with E-state index in [9.17, 15) is 9.90 Å². The molecular weight excluding hydrogens is 252 g/mol. The Labute approximate surface area is 110 Å². The van der Waals surface area contributed by atoms with Crippen LogP contribution in [-0.4, -0.2) is 18.5 Å². The molecule has 3 nitrogen and oxygen atoms in total. The standard InChI is InChI=1S/C14H11ClO3/c1-18-14-7-11(15)4-5-12(14)9-2-3-10(8-16)13(17)6-9/h2-8,17H,1H3. The first kappa shape index (κ1) is 12.5. The van der Waals surface area contributed by atoms with Gasteiger partial charge in [0, 0.05) is 10.6 Å². The molecule has 0 atom stereocenters. The number of phenolic OH excluding ortho intramolecular Hbond substituents is 1. The minimum absolute atomic E-state index is 0.0560. The van der Waals surface area contributed by atoms with Gasteiger partial charge in [0.1, 0.15) is 11.5 Å². The summed E-state index contributed by atoms with van der Waals surface area (Å²) < 4.78 is 5.24. The fraction of sp³-hybridized carbons (Fsp3) is 0.0714. The highest BCUT2D eigenvalue weighted by Crippen LogP contribution is 2.34. The van der Waals surface area contributed by atoms with E-state index in [1.54, 1.807) is 37.4 Å². The van der Waals surface area contributed by atoms with Gasteiger partial charge in [-0.15, -0.1) is 0 Å². The van der Waals surface area contributed by atoms with Gasteiger partial charge >= 0.3 is 0 Å². The summed E-state index contributed by atoms with van der Waals surface area (Å²) >= 11 is 5.89. The highest BCUT2D eigenvalue weighted by atomic mass is 35.5. The molecule has 0 saturated carbocycles. The van der Waals surface area contributed by atoms with E-state index < -0.39 is 0 Å². The van der Waals surface area contributed by atoms with Gasteiger partial charge in [-0.2, -0.15) is 0 Å². The van der Waals surface area contributed by atoms with Crippen LogP contribution in [0.15, 0.2) is 36.4 Å². The van der Waals surface area contributed by atoms with Crippen LogP contribution in [0.2, 0.25) is 5.02 Å². The van der Waals surface area contributed by atoms with Crippen molar-refractivity contribution in [2.45, 2.75) is 0 Å². The molecule has 0 heterocycles. The van der Waals surface area contributed by atoms with Crippen molar-refractivity contribution in [3.05, 3.63) is 47.0 Å². The first-order chi connectivity index (χ1) is 8.65. The minimum atomic E-state index is -0.0560. The number of aromatic hydroxyl groups is 1. The number of aldehydes is 1. The second-order valence-corrected chi connectivity index (χ2v) is 4.17. The molecule has 0 aliphatic carbocycles. The van der Waals surface area contributed by atoms with Crippen LogP contribution in [0, 0.1) is 0 Å². The van der Waals surface area contributed by atoms with E-state index in [1.165, 1.54) is 6.07 Å². The Bertz CT molecular complexity index is 594. The monoisotopic (exact) mass is 262 g/mol. The zero-order valence-electron chi connectivity index (χ0n) is 9.68. The van der Waals surface area contributed by atoms with E-state index in [0.29, 0.717) is 17.1 Å². The van der Waals surface area contributed by atoms with Gasteiger partial charge in [-0.25, -0.2) is 0 Å². The maximum absolute atomic E-state index is 10.6. The number of phenols is 1. The minimum Gasteiger partial charge on any atom is -0.507 e. The fourth-order valence-corrected chi connectivity index (χ4v) is 1.88. The molecule has 18 heavy (non-hydrogen) atoms. The molecule has 2 aromatic carbocycles. The van der Waals surface area contributed by atoms with E-state index in [-0.39, 0.29) is 11.3 Å². The molecule has 2 aromatic rings. The molecule has 2 rings (SSSR count).